The first-order chi connectivity index (χ1) is 14.9. The Kier molecular flexibility index (Phi) is 6.41. The Morgan fingerprint density at radius 1 is 1.03 bits per heavy atom. The number of hydrogen-bond donors (Lipinski definition) is 1. The van der Waals surface area contributed by atoms with Gasteiger partial charge in [0.15, 0.2) is 0 Å². The highest BCUT2D eigenvalue weighted by Crippen LogP contribution is 2.52. The Hall–Kier alpha value is -2.10. The van der Waals surface area contributed by atoms with E-state index in [9.17, 15) is 35.9 Å². The van der Waals surface area contributed by atoms with Gasteiger partial charge < -0.3 is 10.1 Å². The first kappa shape index (κ1) is 25.5. The molecule has 33 heavy (non-hydrogen) atoms. The number of esters is 1. The maximum absolute atomic E-state index is 13.2. The van der Waals surface area contributed by atoms with Crippen molar-refractivity contribution in [1.29, 1.82) is 0 Å². The molecule has 1 aromatic carbocycles. The molecule has 2 bridgehead atoms. The molecule has 0 spiro atoms. The fourth-order valence-electron chi connectivity index (χ4n) is 4.96. The third-order valence-corrected chi connectivity index (χ3v) is 6.60. The van der Waals surface area contributed by atoms with Crippen molar-refractivity contribution < 1.29 is 40.7 Å². The van der Waals surface area contributed by atoms with Crippen LogP contribution in [0.5, 0.6) is 0 Å². The molecule has 3 saturated carbocycles. The molecule has 3 aliphatic rings. The summed E-state index contributed by atoms with van der Waals surface area (Å²) in [6, 6.07) is 0.600. The Morgan fingerprint density at radius 3 is 2.03 bits per heavy atom. The lowest BCUT2D eigenvalue weighted by atomic mass is 9.53. The Bertz CT molecular complexity index is 901. The molecule has 0 heterocycles. The van der Waals surface area contributed by atoms with Crippen LogP contribution in [-0.2, 0) is 33.2 Å². The number of fused-ring (bicyclic) bond motifs is 3. The summed E-state index contributed by atoms with van der Waals surface area (Å²) in [5, 5.41) is 2.96. The van der Waals surface area contributed by atoms with E-state index in [0.29, 0.717) is 25.0 Å². The quantitative estimate of drug-likeness (QED) is 0.456. The first-order valence-corrected chi connectivity index (χ1v) is 10.7. The molecule has 0 aromatic heterocycles. The lowest BCUT2D eigenvalue weighted by molar-refractivity contribution is -0.182. The van der Waals surface area contributed by atoms with E-state index in [1.807, 2.05) is 0 Å². The predicted molar refractivity (Wildman–Crippen MR) is 107 cm³/mol. The number of carbonyl (C=O) groups is 2. The summed E-state index contributed by atoms with van der Waals surface area (Å²) in [4.78, 5) is 25.7. The monoisotopic (exact) mass is 479 g/mol. The molecule has 0 saturated heterocycles. The van der Waals surface area contributed by atoms with Gasteiger partial charge in [-0.3, -0.25) is 9.59 Å². The average molecular weight is 479 g/mol. The Balaban J connectivity index is 1.94. The zero-order chi connectivity index (χ0) is 25.0. The van der Waals surface area contributed by atoms with Crippen LogP contribution in [0.1, 0.15) is 63.6 Å². The molecular weight excluding hydrogens is 452 g/mol. The van der Waals surface area contributed by atoms with Crippen molar-refractivity contribution >= 4 is 11.8 Å². The molecule has 4 rings (SSSR count). The molecule has 3 fully saturated rings. The van der Waals surface area contributed by atoms with Gasteiger partial charge in [-0.25, -0.2) is 0 Å². The van der Waals surface area contributed by atoms with Gasteiger partial charge in [0.1, 0.15) is 11.4 Å². The molecule has 0 amide bonds. The van der Waals surface area contributed by atoms with E-state index < -0.39 is 52.4 Å². The van der Waals surface area contributed by atoms with Crippen LogP contribution in [0.25, 0.3) is 0 Å². The van der Waals surface area contributed by atoms with Gasteiger partial charge in [-0.1, -0.05) is 0 Å². The van der Waals surface area contributed by atoms with Crippen molar-refractivity contribution in [1.82, 2.24) is 5.32 Å². The smallest absolute Gasteiger partial charge is 0.416 e. The second-order valence-corrected chi connectivity index (χ2v) is 10.1. The zero-order valence-electron chi connectivity index (χ0n) is 18.8. The van der Waals surface area contributed by atoms with Crippen LogP contribution in [0.2, 0.25) is 0 Å². The van der Waals surface area contributed by atoms with Crippen LogP contribution in [-0.4, -0.2) is 23.4 Å². The highest BCUT2D eigenvalue weighted by atomic mass is 19.4. The molecule has 1 aromatic rings. The summed E-state index contributed by atoms with van der Waals surface area (Å²) in [7, 11) is 0. The highest BCUT2D eigenvalue weighted by Gasteiger charge is 2.60. The number of hydrogen-bond acceptors (Lipinski definition) is 4. The standard InChI is InChI=1S/C23H27F6NO3/c1-20(2,3)33-19(32)21(4)13-5-6-16(17(31)10-13)18(21)30-11-12-7-14(22(24,25)26)9-15(8-12)23(27,28)29/h7-9,13,16,18,30H,5-6,10-11H2,1-4H3/t13-,16+,18-,21-/m0/s1. The number of nitrogens with one attached hydrogen (secondary N) is 1. The van der Waals surface area contributed by atoms with Gasteiger partial charge in [0.2, 0.25) is 0 Å². The van der Waals surface area contributed by atoms with Gasteiger partial charge in [-0.2, -0.15) is 26.3 Å². The molecule has 0 unspecified atom stereocenters. The molecule has 1 N–H and O–H groups in total. The second kappa shape index (κ2) is 8.29. The SMILES string of the molecule is CC(C)(C)OC(=O)[C@@]1(C)[C@H]2CC[C@H](C(=O)C2)[C@@H]1NCc1cc(C(F)(F)F)cc(C(F)(F)F)c1. The largest absolute Gasteiger partial charge is 0.459 e. The van der Waals surface area contributed by atoms with E-state index in [0.717, 1.165) is 0 Å². The van der Waals surface area contributed by atoms with Crippen molar-refractivity contribution in [3.05, 3.63) is 34.9 Å². The van der Waals surface area contributed by atoms with Crippen molar-refractivity contribution in [2.75, 3.05) is 0 Å². The molecule has 0 aliphatic heterocycles. The van der Waals surface area contributed by atoms with Gasteiger partial charge in [0.25, 0.3) is 0 Å². The van der Waals surface area contributed by atoms with Crippen LogP contribution >= 0.6 is 0 Å². The average Bonchev–Trinajstić information content (AvgIpc) is 2.65. The van der Waals surface area contributed by atoms with Gasteiger partial charge >= 0.3 is 18.3 Å². The molecule has 0 radical (unpaired) electrons. The number of rotatable bonds is 4. The van der Waals surface area contributed by atoms with Crippen LogP contribution in [0.4, 0.5) is 26.3 Å². The minimum atomic E-state index is -4.96. The van der Waals surface area contributed by atoms with Crippen LogP contribution in [0.3, 0.4) is 0 Å². The minimum absolute atomic E-state index is 0.0650. The highest BCUT2D eigenvalue weighted by molar-refractivity contribution is 5.89. The summed E-state index contributed by atoms with van der Waals surface area (Å²) in [6.45, 7) is 6.39. The van der Waals surface area contributed by atoms with Crippen molar-refractivity contribution in [2.24, 2.45) is 17.3 Å². The fourth-order valence-corrected chi connectivity index (χ4v) is 4.96. The molecule has 10 heteroatoms. The van der Waals surface area contributed by atoms with E-state index in [-0.39, 0.29) is 36.3 Å². The van der Waals surface area contributed by atoms with Gasteiger partial charge in [-0.05, 0) is 70.2 Å². The first-order valence-electron chi connectivity index (χ1n) is 10.7. The number of halogens is 6. The third kappa shape index (κ3) is 5.20. The summed E-state index contributed by atoms with van der Waals surface area (Å²) < 4.78 is 84.8. The van der Waals surface area contributed by atoms with Gasteiger partial charge in [0, 0.05) is 24.9 Å². The molecule has 4 nitrogen and oxygen atoms in total. The topological polar surface area (TPSA) is 55.4 Å². The molecule has 184 valence electrons. The van der Waals surface area contributed by atoms with Crippen LogP contribution in [0.15, 0.2) is 18.2 Å². The number of alkyl halides is 6. The number of benzene rings is 1. The van der Waals surface area contributed by atoms with Gasteiger partial charge in [0.05, 0.1) is 16.5 Å². The molecule has 3 aliphatic carbocycles. The summed E-state index contributed by atoms with van der Waals surface area (Å²) >= 11 is 0. The fraction of sp³-hybridized carbons (Fsp3) is 0.652. The van der Waals surface area contributed by atoms with E-state index >= 15 is 0 Å². The predicted octanol–water partition coefficient (Wildman–Crippen LogP) is 5.53. The van der Waals surface area contributed by atoms with Crippen molar-refractivity contribution in [2.45, 2.75) is 77.5 Å². The maximum atomic E-state index is 13.2. The van der Waals surface area contributed by atoms with E-state index in [2.05, 4.69) is 5.32 Å². The number of ether oxygens (including phenoxy) is 1. The number of carbonyl (C=O) groups excluding carboxylic acids is 2. The summed E-state index contributed by atoms with van der Waals surface area (Å²) in [5.41, 5.74) is -5.00. The Morgan fingerprint density at radius 2 is 1.58 bits per heavy atom. The Labute approximate surface area is 188 Å². The normalized spacial score (nSPS) is 28.2. The molecule has 4 atom stereocenters. The minimum Gasteiger partial charge on any atom is -0.459 e. The summed E-state index contributed by atoms with van der Waals surface area (Å²) in [6.07, 6.45) is -8.61. The number of Topliss-reactive ketones (excluding diaryl/α,β-unsaturated/α-hetero) is 1. The second-order valence-electron chi connectivity index (χ2n) is 10.1. The number of ketones is 1. The molecular formula is C23H27F6NO3. The van der Waals surface area contributed by atoms with E-state index in [1.165, 1.54) is 0 Å². The third-order valence-electron chi connectivity index (χ3n) is 6.60. The van der Waals surface area contributed by atoms with Crippen LogP contribution < -0.4 is 5.32 Å². The van der Waals surface area contributed by atoms with E-state index in [1.54, 1.807) is 27.7 Å². The van der Waals surface area contributed by atoms with Crippen LogP contribution in [0, 0.1) is 17.3 Å². The maximum Gasteiger partial charge on any atom is 0.416 e. The van der Waals surface area contributed by atoms with Gasteiger partial charge in [-0.15, -0.1) is 0 Å². The zero-order valence-corrected chi connectivity index (χ0v) is 18.8. The lowest BCUT2D eigenvalue weighted by Gasteiger charge is -2.53. The van der Waals surface area contributed by atoms with Crippen molar-refractivity contribution in [3.63, 3.8) is 0 Å². The summed E-state index contributed by atoms with van der Waals surface area (Å²) in [5.74, 6) is -1.49. The lowest BCUT2D eigenvalue weighted by Crippen LogP contribution is -2.64. The van der Waals surface area contributed by atoms with E-state index in [4.69, 9.17) is 4.74 Å². The van der Waals surface area contributed by atoms with Crippen molar-refractivity contribution in [3.8, 4) is 0 Å².